The molecule has 0 heterocycles. The molecule has 6 heteroatoms. The first-order valence-electron chi connectivity index (χ1n) is 7.14. The largest absolute Gasteiger partial charge is 0.399 e. The van der Waals surface area contributed by atoms with E-state index >= 15 is 0 Å². The van der Waals surface area contributed by atoms with E-state index in [0.717, 1.165) is 19.4 Å². The van der Waals surface area contributed by atoms with Crippen LogP contribution in [0.2, 0.25) is 5.02 Å². The number of unbranched alkanes of at least 4 members (excludes halogenated alkanes) is 1. The molecule has 0 spiro atoms. The number of rotatable bonds is 10. The van der Waals surface area contributed by atoms with Crippen LogP contribution in [0.5, 0.6) is 0 Å². The first kappa shape index (κ1) is 17.8. The Balaban J connectivity index is 2.11. The van der Waals surface area contributed by atoms with Gasteiger partial charge in [0.05, 0.1) is 37.0 Å². The Bertz CT molecular complexity index is 441. The van der Waals surface area contributed by atoms with E-state index in [1.807, 2.05) is 0 Å². The molecule has 0 bridgehead atoms. The van der Waals surface area contributed by atoms with Gasteiger partial charge in [-0.25, -0.2) is 0 Å². The Morgan fingerprint density at radius 3 is 2.62 bits per heavy atom. The van der Waals surface area contributed by atoms with Crippen molar-refractivity contribution < 1.29 is 14.3 Å². The topological polar surface area (TPSA) is 73.6 Å². The monoisotopic (exact) mass is 314 g/mol. The molecule has 0 radical (unpaired) electrons. The number of hydrogen-bond donors (Lipinski definition) is 2. The van der Waals surface area contributed by atoms with Crippen molar-refractivity contribution >= 4 is 28.9 Å². The number of hydrogen-bond acceptors (Lipinski definition) is 4. The van der Waals surface area contributed by atoms with Crippen LogP contribution in [0.25, 0.3) is 0 Å². The van der Waals surface area contributed by atoms with Crippen LogP contribution in [-0.2, 0) is 14.3 Å². The van der Waals surface area contributed by atoms with Crippen molar-refractivity contribution in [1.29, 1.82) is 0 Å². The van der Waals surface area contributed by atoms with Crippen LogP contribution in [0.3, 0.4) is 0 Å². The van der Waals surface area contributed by atoms with Gasteiger partial charge in [0.2, 0.25) is 5.91 Å². The molecule has 0 aromatic heterocycles. The predicted octanol–water partition coefficient (Wildman–Crippen LogP) is 3.08. The van der Waals surface area contributed by atoms with Crippen LogP contribution in [-0.4, -0.2) is 32.3 Å². The van der Waals surface area contributed by atoms with E-state index in [1.54, 1.807) is 18.2 Å². The summed E-state index contributed by atoms with van der Waals surface area (Å²) in [5.74, 6) is -0.145. The SMILES string of the molecule is CCCCOCCOCCC(=O)Nc1ccc(N)cc1Cl. The third-order valence-electron chi connectivity index (χ3n) is 2.75. The quantitative estimate of drug-likeness (QED) is 0.514. The summed E-state index contributed by atoms with van der Waals surface area (Å²) in [4.78, 5) is 11.7. The Hall–Kier alpha value is -1.30. The first-order chi connectivity index (χ1) is 10.1. The van der Waals surface area contributed by atoms with Gasteiger partial charge in [-0.05, 0) is 24.6 Å². The third kappa shape index (κ3) is 7.90. The number of nitrogens with two attached hydrogens (primary N) is 1. The van der Waals surface area contributed by atoms with Crippen molar-refractivity contribution in [3.05, 3.63) is 23.2 Å². The maximum absolute atomic E-state index is 11.7. The third-order valence-corrected chi connectivity index (χ3v) is 3.07. The summed E-state index contributed by atoms with van der Waals surface area (Å²) in [6.45, 7) is 4.29. The second-order valence-electron chi connectivity index (χ2n) is 4.62. The summed E-state index contributed by atoms with van der Waals surface area (Å²) in [5.41, 5.74) is 6.70. The lowest BCUT2D eigenvalue weighted by atomic mass is 10.2. The molecule has 0 saturated carbocycles. The lowest BCUT2D eigenvalue weighted by Crippen LogP contribution is -2.15. The maximum Gasteiger partial charge on any atom is 0.226 e. The van der Waals surface area contributed by atoms with Crippen LogP contribution < -0.4 is 11.1 Å². The lowest BCUT2D eigenvalue weighted by molar-refractivity contribution is -0.117. The normalized spacial score (nSPS) is 10.6. The van der Waals surface area contributed by atoms with Crippen molar-refractivity contribution in [2.75, 3.05) is 37.5 Å². The molecule has 118 valence electrons. The zero-order chi connectivity index (χ0) is 15.5. The highest BCUT2D eigenvalue weighted by molar-refractivity contribution is 6.34. The number of carbonyl (C=O) groups is 1. The highest BCUT2D eigenvalue weighted by Crippen LogP contribution is 2.23. The van der Waals surface area contributed by atoms with E-state index in [1.165, 1.54) is 0 Å². The average Bonchev–Trinajstić information content (AvgIpc) is 2.45. The zero-order valence-electron chi connectivity index (χ0n) is 12.4. The van der Waals surface area contributed by atoms with E-state index < -0.39 is 0 Å². The summed E-state index contributed by atoms with van der Waals surface area (Å²) in [7, 11) is 0. The van der Waals surface area contributed by atoms with Crippen molar-refractivity contribution in [2.45, 2.75) is 26.2 Å². The van der Waals surface area contributed by atoms with Gasteiger partial charge < -0.3 is 20.5 Å². The molecule has 1 aromatic carbocycles. The van der Waals surface area contributed by atoms with Crippen molar-refractivity contribution in [2.24, 2.45) is 0 Å². The fraction of sp³-hybridized carbons (Fsp3) is 0.533. The highest BCUT2D eigenvalue weighted by atomic mass is 35.5. The van der Waals surface area contributed by atoms with Gasteiger partial charge in [-0.1, -0.05) is 24.9 Å². The number of nitrogen functional groups attached to an aromatic ring is 1. The maximum atomic E-state index is 11.7. The number of anilines is 2. The van der Waals surface area contributed by atoms with Crippen LogP contribution in [0.1, 0.15) is 26.2 Å². The molecule has 0 fully saturated rings. The molecular formula is C15H23ClN2O3. The number of carbonyl (C=O) groups excluding carboxylic acids is 1. The molecule has 1 amide bonds. The smallest absolute Gasteiger partial charge is 0.226 e. The number of nitrogens with one attached hydrogen (secondary N) is 1. The summed E-state index contributed by atoms with van der Waals surface area (Å²) < 4.78 is 10.7. The lowest BCUT2D eigenvalue weighted by Gasteiger charge is -2.08. The van der Waals surface area contributed by atoms with Gasteiger partial charge >= 0.3 is 0 Å². The van der Waals surface area contributed by atoms with E-state index in [9.17, 15) is 4.79 Å². The average molecular weight is 315 g/mol. The minimum absolute atomic E-state index is 0.145. The molecule has 0 aliphatic heterocycles. The molecule has 0 saturated heterocycles. The van der Waals surface area contributed by atoms with Gasteiger partial charge in [0.15, 0.2) is 0 Å². The van der Waals surface area contributed by atoms with Gasteiger partial charge in [0, 0.05) is 12.3 Å². The molecule has 0 unspecified atom stereocenters. The van der Waals surface area contributed by atoms with Crippen LogP contribution >= 0.6 is 11.6 Å². The Morgan fingerprint density at radius 1 is 1.24 bits per heavy atom. The molecule has 1 rings (SSSR count). The molecule has 3 N–H and O–H groups in total. The number of halogens is 1. The Morgan fingerprint density at radius 2 is 1.95 bits per heavy atom. The summed E-state index contributed by atoms with van der Waals surface area (Å²) >= 11 is 5.98. The van der Waals surface area contributed by atoms with Crippen molar-refractivity contribution in [3.8, 4) is 0 Å². The number of benzene rings is 1. The Labute approximate surface area is 130 Å². The molecule has 21 heavy (non-hydrogen) atoms. The van der Waals surface area contributed by atoms with E-state index in [-0.39, 0.29) is 12.3 Å². The van der Waals surface area contributed by atoms with Crippen LogP contribution in [0, 0.1) is 0 Å². The van der Waals surface area contributed by atoms with Gasteiger partial charge in [-0.15, -0.1) is 0 Å². The zero-order valence-corrected chi connectivity index (χ0v) is 13.1. The first-order valence-corrected chi connectivity index (χ1v) is 7.51. The minimum atomic E-state index is -0.145. The number of amides is 1. The van der Waals surface area contributed by atoms with Gasteiger partial charge in [-0.2, -0.15) is 0 Å². The summed E-state index contributed by atoms with van der Waals surface area (Å²) in [6, 6.07) is 4.96. The second-order valence-corrected chi connectivity index (χ2v) is 5.02. The van der Waals surface area contributed by atoms with Crippen molar-refractivity contribution in [1.82, 2.24) is 0 Å². The van der Waals surface area contributed by atoms with Gasteiger partial charge in [0.1, 0.15) is 0 Å². The Kier molecular flexibility index (Phi) is 8.82. The van der Waals surface area contributed by atoms with Crippen LogP contribution in [0.15, 0.2) is 18.2 Å². The van der Waals surface area contributed by atoms with Gasteiger partial charge in [-0.3, -0.25) is 4.79 Å². The predicted molar refractivity (Wildman–Crippen MR) is 85.7 cm³/mol. The highest BCUT2D eigenvalue weighted by Gasteiger charge is 2.06. The van der Waals surface area contributed by atoms with Crippen LogP contribution in [0.4, 0.5) is 11.4 Å². The molecule has 5 nitrogen and oxygen atoms in total. The van der Waals surface area contributed by atoms with Crippen molar-refractivity contribution in [3.63, 3.8) is 0 Å². The fourth-order valence-corrected chi connectivity index (χ4v) is 1.81. The molecule has 0 aliphatic rings. The van der Waals surface area contributed by atoms with E-state index in [2.05, 4.69) is 12.2 Å². The number of ether oxygens (including phenoxy) is 2. The summed E-state index contributed by atoms with van der Waals surface area (Å²) in [5, 5.41) is 3.14. The standard InChI is InChI=1S/C15H23ClN2O3/c1-2-3-7-20-9-10-21-8-6-15(19)18-14-5-4-12(17)11-13(14)16/h4-5,11H,2-3,6-10,17H2,1H3,(H,18,19). The minimum Gasteiger partial charge on any atom is -0.399 e. The second kappa shape index (κ2) is 10.4. The van der Waals surface area contributed by atoms with E-state index in [0.29, 0.717) is 36.2 Å². The van der Waals surface area contributed by atoms with Gasteiger partial charge in [0.25, 0.3) is 0 Å². The fourth-order valence-electron chi connectivity index (χ4n) is 1.58. The molecule has 0 atom stereocenters. The molecule has 1 aromatic rings. The van der Waals surface area contributed by atoms with E-state index in [4.69, 9.17) is 26.8 Å². The molecular weight excluding hydrogens is 292 g/mol. The summed E-state index contributed by atoms with van der Waals surface area (Å²) in [6.07, 6.45) is 2.45. The molecule has 0 aliphatic carbocycles.